The predicted molar refractivity (Wildman–Crippen MR) is 81.6 cm³/mol. The lowest BCUT2D eigenvalue weighted by molar-refractivity contribution is -0.121. The minimum Gasteiger partial charge on any atom is -0.396 e. The van der Waals surface area contributed by atoms with Crippen LogP contribution in [0, 0.1) is 0 Å². The second kappa shape index (κ2) is 7.06. The summed E-state index contributed by atoms with van der Waals surface area (Å²) in [7, 11) is 0. The Kier molecular flexibility index (Phi) is 5.13. The molecule has 0 heterocycles. The van der Waals surface area contributed by atoms with E-state index in [1.54, 1.807) is 0 Å². The zero-order valence-corrected chi connectivity index (χ0v) is 11.8. The quantitative estimate of drug-likeness (QED) is 0.848. The second-order valence-corrected chi connectivity index (χ2v) is 5.19. The lowest BCUT2D eigenvalue weighted by Crippen LogP contribution is -2.33. The van der Waals surface area contributed by atoms with Crippen LogP contribution < -0.4 is 5.32 Å². The first kappa shape index (κ1) is 14.5. The van der Waals surface area contributed by atoms with Crippen molar-refractivity contribution in [2.45, 2.75) is 32.2 Å². The summed E-state index contributed by atoms with van der Waals surface area (Å²) in [6, 6.07) is 14.4. The fraction of sp³-hybridized carbons (Fsp3) is 0.353. The maximum absolute atomic E-state index is 11.9. The molecule has 0 aliphatic heterocycles. The average Bonchev–Trinajstić information content (AvgIpc) is 2.44. The van der Waals surface area contributed by atoms with Crippen LogP contribution in [-0.4, -0.2) is 23.7 Å². The normalized spacial score (nSPS) is 12.3. The monoisotopic (exact) mass is 271 g/mol. The first-order chi connectivity index (χ1) is 9.69. The van der Waals surface area contributed by atoms with Crippen molar-refractivity contribution in [2.75, 3.05) is 6.61 Å². The van der Waals surface area contributed by atoms with Gasteiger partial charge in [-0.25, -0.2) is 0 Å². The molecule has 0 spiro atoms. The van der Waals surface area contributed by atoms with Crippen LogP contribution >= 0.6 is 0 Å². The number of rotatable bonds is 6. The molecule has 0 bridgehead atoms. The van der Waals surface area contributed by atoms with E-state index in [1.807, 2.05) is 31.2 Å². The highest BCUT2D eigenvalue weighted by molar-refractivity contribution is 5.85. The molecule has 0 aliphatic carbocycles. The van der Waals surface area contributed by atoms with Gasteiger partial charge in [0.15, 0.2) is 0 Å². The molecule has 3 heteroatoms. The van der Waals surface area contributed by atoms with Crippen molar-refractivity contribution < 1.29 is 9.90 Å². The van der Waals surface area contributed by atoms with Crippen LogP contribution in [0.1, 0.15) is 25.3 Å². The number of aliphatic hydroxyl groups excluding tert-OH is 1. The number of carbonyl (C=O) groups excluding carboxylic acids is 1. The number of hydrogen-bond donors (Lipinski definition) is 2. The van der Waals surface area contributed by atoms with Gasteiger partial charge in [-0.3, -0.25) is 4.79 Å². The van der Waals surface area contributed by atoms with Crippen LogP contribution in [0.4, 0.5) is 0 Å². The number of hydrogen-bond acceptors (Lipinski definition) is 2. The standard InChI is InChI=1S/C17H21NO2/c1-13(5-4-10-19)18-17(20)12-14-8-9-15-6-2-3-7-16(15)11-14/h2-3,6-9,11,13,19H,4-5,10,12H2,1H3,(H,18,20). The van der Waals surface area contributed by atoms with Gasteiger partial charge >= 0.3 is 0 Å². The molecule has 2 aromatic rings. The summed E-state index contributed by atoms with van der Waals surface area (Å²) in [5.41, 5.74) is 1.02. The van der Waals surface area contributed by atoms with Gasteiger partial charge < -0.3 is 10.4 Å². The molecule has 0 saturated heterocycles. The molecule has 2 aromatic carbocycles. The van der Waals surface area contributed by atoms with E-state index < -0.39 is 0 Å². The van der Waals surface area contributed by atoms with Gasteiger partial charge in [-0.15, -0.1) is 0 Å². The Balaban J connectivity index is 1.95. The van der Waals surface area contributed by atoms with Crippen molar-refractivity contribution in [3.63, 3.8) is 0 Å². The van der Waals surface area contributed by atoms with Crippen LogP contribution in [-0.2, 0) is 11.2 Å². The summed E-state index contributed by atoms with van der Waals surface area (Å²) >= 11 is 0. The molecule has 0 fully saturated rings. The predicted octanol–water partition coefficient (Wildman–Crippen LogP) is 2.66. The number of amides is 1. The topological polar surface area (TPSA) is 49.3 Å². The molecule has 0 aliphatic rings. The van der Waals surface area contributed by atoms with E-state index in [0.717, 1.165) is 23.8 Å². The molecule has 2 rings (SSSR count). The smallest absolute Gasteiger partial charge is 0.224 e. The van der Waals surface area contributed by atoms with Gasteiger partial charge in [-0.05, 0) is 36.1 Å². The van der Waals surface area contributed by atoms with Gasteiger partial charge in [-0.2, -0.15) is 0 Å². The highest BCUT2D eigenvalue weighted by Gasteiger charge is 2.08. The summed E-state index contributed by atoms with van der Waals surface area (Å²) in [5.74, 6) is 0.0331. The Hall–Kier alpha value is -1.87. The lowest BCUT2D eigenvalue weighted by Gasteiger charge is -2.13. The zero-order valence-electron chi connectivity index (χ0n) is 11.8. The van der Waals surface area contributed by atoms with E-state index in [1.165, 1.54) is 5.39 Å². The Morgan fingerprint density at radius 3 is 2.70 bits per heavy atom. The fourth-order valence-electron chi connectivity index (χ4n) is 2.33. The summed E-state index contributed by atoms with van der Waals surface area (Å²) in [6.07, 6.45) is 1.92. The molecule has 2 N–H and O–H groups in total. The summed E-state index contributed by atoms with van der Waals surface area (Å²) in [6.45, 7) is 2.14. The van der Waals surface area contributed by atoms with Gasteiger partial charge in [-0.1, -0.05) is 42.5 Å². The molecule has 106 valence electrons. The van der Waals surface area contributed by atoms with Crippen molar-refractivity contribution in [3.8, 4) is 0 Å². The van der Waals surface area contributed by atoms with E-state index in [4.69, 9.17) is 5.11 Å². The number of benzene rings is 2. The third kappa shape index (κ3) is 4.07. The third-order valence-corrected chi connectivity index (χ3v) is 3.38. The summed E-state index contributed by atoms with van der Waals surface area (Å²) < 4.78 is 0. The maximum atomic E-state index is 11.9. The van der Waals surface area contributed by atoms with E-state index in [-0.39, 0.29) is 18.6 Å². The van der Waals surface area contributed by atoms with Crippen molar-refractivity contribution in [1.82, 2.24) is 5.32 Å². The van der Waals surface area contributed by atoms with E-state index >= 15 is 0 Å². The van der Waals surface area contributed by atoms with Crippen LogP contribution in [0.2, 0.25) is 0 Å². The van der Waals surface area contributed by atoms with Gasteiger partial charge in [0.05, 0.1) is 6.42 Å². The number of nitrogens with one attached hydrogen (secondary N) is 1. The van der Waals surface area contributed by atoms with Crippen LogP contribution in [0.25, 0.3) is 10.8 Å². The molecule has 1 unspecified atom stereocenters. The fourth-order valence-corrected chi connectivity index (χ4v) is 2.33. The third-order valence-electron chi connectivity index (χ3n) is 3.38. The Morgan fingerprint density at radius 2 is 1.95 bits per heavy atom. The highest BCUT2D eigenvalue weighted by Crippen LogP contribution is 2.16. The molecule has 0 saturated carbocycles. The number of fused-ring (bicyclic) bond motifs is 1. The Labute approximate surface area is 119 Å². The SMILES string of the molecule is CC(CCCO)NC(=O)Cc1ccc2ccccc2c1. The largest absolute Gasteiger partial charge is 0.396 e. The summed E-state index contributed by atoms with van der Waals surface area (Å²) in [4.78, 5) is 11.9. The van der Waals surface area contributed by atoms with Crippen molar-refractivity contribution >= 4 is 16.7 Å². The molecular formula is C17H21NO2. The lowest BCUT2D eigenvalue weighted by atomic mass is 10.0. The van der Waals surface area contributed by atoms with E-state index in [9.17, 15) is 4.79 Å². The minimum atomic E-state index is 0.0331. The van der Waals surface area contributed by atoms with Gasteiger partial charge in [0, 0.05) is 12.6 Å². The van der Waals surface area contributed by atoms with E-state index in [0.29, 0.717) is 6.42 Å². The van der Waals surface area contributed by atoms with Crippen LogP contribution in [0.15, 0.2) is 42.5 Å². The first-order valence-electron chi connectivity index (χ1n) is 7.07. The van der Waals surface area contributed by atoms with Gasteiger partial charge in [0.2, 0.25) is 5.91 Å². The van der Waals surface area contributed by atoms with Crippen molar-refractivity contribution in [3.05, 3.63) is 48.0 Å². The van der Waals surface area contributed by atoms with Gasteiger partial charge in [0.1, 0.15) is 0 Å². The summed E-state index contributed by atoms with van der Waals surface area (Å²) in [5, 5.41) is 14.1. The maximum Gasteiger partial charge on any atom is 0.224 e. The average molecular weight is 271 g/mol. The number of aliphatic hydroxyl groups is 1. The molecule has 1 amide bonds. The Bertz CT molecular complexity index is 580. The van der Waals surface area contributed by atoms with Crippen molar-refractivity contribution in [2.24, 2.45) is 0 Å². The highest BCUT2D eigenvalue weighted by atomic mass is 16.2. The minimum absolute atomic E-state index is 0.0331. The van der Waals surface area contributed by atoms with Crippen molar-refractivity contribution in [1.29, 1.82) is 0 Å². The second-order valence-electron chi connectivity index (χ2n) is 5.19. The number of carbonyl (C=O) groups is 1. The molecule has 0 radical (unpaired) electrons. The first-order valence-corrected chi connectivity index (χ1v) is 7.07. The Morgan fingerprint density at radius 1 is 1.20 bits per heavy atom. The molecule has 0 aromatic heterocycles. The van der Waals surface area contributed by atoms with Crippen LogP contribution in [0.5, 0.6) is 0 Å². The molecular weight excluding hydrogens is 250 g/mol. The molecule has 3 nitrogen and oxygen atoms in total. The van der Waals surface area contributed by atoms with Gasteiger partial charge in [0.25, 0.3) is 0 Å². The van der Waals surface area contributed by atoms with Crippen LogP contribution in [0.3, 0.4) is 0 Å². The van der Waals surface area contributed by atoms with E-state index in [2.05, 4.69) is 23.5 Å². The molecule has 20 heavy (non-hydrogen) atoms. The molecule has 1 atom stereocenters. The zero-order chi connectivity index (χ0) is 14.4.